The quantitative estimate of drug-likeness (QED) is 0.472. The van der Waals surface area contributed by atoms with Crippen LogP contribution >= 0.6 is 11.6 Å². The van der Waals surface area contributed by atoms with Crippen LogP contribution in [0.25, 0.3) is 0 Å². The highest BCUT2D eigenvalue weighted by Gasteiger charge is 2.19. The zero-order valence-electron chi connectivity index (χ0n) is 8.51. The second kappa shape index (κ2) is 6.44. The van der Waals surface area contributed by atoms with E-state index in [-0.39, 0.29) is 0 Å². The highest BCUT2D eigenvalue weighted by molar-refractivity contribution is 6.18. The van der Waals surface area contributed by atoms with Crippen molar-refractivity contribution in [2.45, 2.75) is 26.2 Å². The predicted molar refractivity (Wildman–Crippen MR) is 59.3 cm³/mol. The van der Waals surface area contributed by atoms with Gasteiger partial charge in [0, 0.05) is 19.0 Å². The maximum atomic E-state index is 5.57. The Balaban J connectivity index is 2.13. The number of hydrogen-bond acceptors (Lipinski definition) is 1. The van der Waals surface area contributed by atoms with E-state index in [1.54, 1.807) is 0 Å². The topological polar surface area (TPSA) is 3.24 Å². The first-order valence-electron chi connectivity index (χ1n) is 5.30. The van der Waals surface area contributed by atoms with Crippen molar-refractivity contribution in [2.24, 2.45) is 5.92 Å². The lowest BCUT2D eigenvalue weighted by atomic mass is 9.85. The number of alkyl halides is 1. The molecule has 1 nitrogen and oxygen atoms in total. The molecule has 2 heteroatoms. The summed E-state index contributed by atoms with van der Waals surface area (Å²) in [7, 11) is 0. The molecule has 0 spiro atoms. The van der Waals surface area contributed by atoms with Gasteiger partial charge < -0.3 is 0 Å². The molecule has 76 valence electrons. The summed E-state index contributed by atoms with van der Waals surface area (Å²) in [5.41, 5.74) is 0. The van der Waals surface area contributed by atoms with Gasteiger partial charge in [-0.25, -0.2) is 0 Å². The van der Waals surface area contributed by atoms with Gasteiger partial charge in [0.1, 0.15) is 0 Å². The number of likely N-dealkylation sites (N-methyl/N-ethyl adjacent to an activating group) is 1. The largest absolute Gasteiger partial charge is 0.300 e. The molecule has 0 aromatic carbocycles. The van der Waals surface area contributed by atoms with E-state index in [9.17, 15) is 0 Å². The zero-order valence-corrected chi connectivity index (χ0v) is 9.26. The van der Waals surface area contributed by atoms with Crippen LogP contribution in [0.1, 0.15) is 26.2 Å². The van der Waals surface area contributed by atoms with Crippen molar-refractivity contribution in [1.82, 2.24) is 4.90 Å². The molecule has 0 atom stereocenters. The molecule has 0 unspecified atom stereocenters. The molecular weight excluding hydrogens is 182 g/mol. The smallest absolute Gasteiger partial charge is 0.0404 e. The summed E-state index contributed by atoms with van der Waals surface area (Å²) in [6.07, 6.45) is 8.53. The third-order valence-corrected chi connectivity index (χ3v) is 2.99. The van der Waals surface area contributed by atoms with E-state index in [0.717, 1.165) is 19.0 Å². The van der Waals surface area contributed by atoms with Crippen molar-refractivity contribution < 1.29 is 0 Å². The van der Waals surface area contributed by atoms with Crippen LogP contribution in [0.2, 0.25) is 0 Å². The maximum Gasteiger partial charge on any atom is 0.0404 e. The number of hydrogen-bond donors (Lipinski definition) is 0. The summed E-state index contributed by atoms with van der Waals surface area (Å²) in [5, 5.41) is 0. The van der Waals surface area contributed by atoms with E-state index in [0.29, 0.717) is 5.88 Å². The Morgan fingerprint density at radius 3 is 2.62 bits per heavy atom. The molecule has 0 amide bonds. The predicted octanol–water partition coefficient (Wildman–Crippen LogP) is 2.90. The van der Waals surface area contributed by atoms with E-state index in [1.165, 1.54) is 25.8 Å². The second-order valence-electron chi connectivity index (χ2n) is 3.77. The average molecular weight is 202 g/mol. The third kappa shape index (κ3) is 4.15. The minimum atomic E-state index is 0.640. The van der Waals surface area contributed by atoms with Crippen LogP contribution in [0, 0.1) is 5.92 Å². The van der Waals surface area contributed by atoms with E-state index >= 15 is 0 Å². The first-order valence-corrected chi connectivity index (χ1v) is 5.83. The van der Waals surface area contributed by atoms with Crippen LogP contribution in [0.15, 0.2) is 12.2 Å². The molecular formula is C11H20ClN. The fourth-order valence-electron chi connectivity index (χ4n) is 1.66. The Hall–Kier alpha value is -0.0100. The van der Waals surface area contributed by atoms with Crippen LogP contribution in [-0.4, -0.2) is 30.4 Å². The zero-order chi connectivity index (χ0) is 9.52. The SMILES string of the molecule is CCN(C/C=C/CCl)CC1CCC1. The van der Waals surface area contributed by atoms with Crippen LogP contribution in [0.3, 0.4) is 0 Å². The summed E-state index contributed by atoms with van der Waals surface area (Å²) in [5.74, 6) is 1.62. The minimum absolute atomic E-state index is 0.640. The van der Waals surface area contributed by atoms with Gasteiger partial charge in [0.05, 0.1) is 0 Å². The van der Waals surface area contributed by atoms with Crippen molar-refractivity contribution in [3.8, 4) is 0 Å². The van der Waals surface area contributed by atoms with E-state index < -0.39 is 0 Å². The Bertz CT molecular complexity index is 152. The summed E-state index contributed by atoms with van der Waals surface area (Å²) < 4.78 is 0. The second-order valence-corrected chi connectivity index (χ2v) is 4.08. The maximum absolute atomic E-state index is 5.57. The molecule has 0 aliphatic heterocycles. The van der Waals surface area contributed by atoms with Crippen molar-refractivity contribution in [3.05, 3.63) is 12.2 Å². The van der Waals surface area contributed by atoms with Gasteiger partial charge in [-0.1, -0.05) is 25.5 Å². The Labute approximate surface area is 86.8 Å². The third-order valence-electron chi connectivity index (χ3n) is 2.81. The van der Waals surface area contributed by atoms with Gasteiger partial charge in [-0.05, 0) is 25.3 Å². The highest BCUT2D eigenvalue weighted by atomic mass is 35.5. The molecule has 0 radical (unpaired) electrons. The number of halogens is 1. The Morgan fingerprint density at radius 2 is 2.15 bits per heavy atom. The van der Waals surface area contributed by atoms with Gasteiger partial charge in [-0.3, -0.25) is 4.90 Å². The molecule has 0 bridgehead atoms. The molecule has 0 aromatic heterocycles. The fourth-order valence-corrected chi connectivity index (χ4v) is 1.79. The standard InChI is InChI=1S/C11H20ClN/c1-2-13(9-4-3-8-12)10-11-6-5-7-11/h3-4,11H,2,5-10H2,1H3/b4-3+. The number of rotatable bonds is 6. The first kappa shape index (κ1) is 11.1. The van der Waals surface area contributed by atoms with E-state index in [4.69, 9.17) is 11.6 Å². The fraction of sp³-hybridized carbons (Fsp3) is 0.818. The molecule has 1 rings (SSSR count). The lowest BCUT2D eigenvalue weighted by Gasteiger charge is -2.31. The van der Waals surface area contributed by atoms with Crippen molar-refractivity contribution >= 4 is 11.6 Å². The molecule has 0 N–H and O–H groups in total. The Morgan fingerprint density at radius 1 is 1.38 bits per heavy atom. The number of nitrogens with zero attached hydrogens (tertiary/aromatic N) is 1. The van der Waals surface area contributed by atoms with Gasteiger partial charge in [-0.15, -0.1) is 11.6 Å². The van der Waals surface area contributed by atoms with E-state index in [1.807, 2.05) is 6.08 Å². The summed E-state index contributed by atoms with van der Waals surface area (Å²) in [6, 6.07) is 0. The van der Waals surface area contributed by atoms with Crippen LogP contribution in [-0.2, 0) is 0 Å². The summed E-state index contributed by atoms with van der Waals surface area (Å²) in [4.78, 5) is 2.49. The highest BCUT2D eigenvalue weighted by Crippen LogP contribution is 2.26. The van der Waals surface area contributed by atoms with Gasteiger partial charge in [0.15, 0.2) is 0 Å². The van der Waals surface area contributed by atoms with Crippen LogP contribution in [0.4, 0.5) is 0 Å². The summed E-state index contributed by atoms with van der Waals surface area (Å²) in [6.45, 7) is 5.74. The van der Waals surface area contributed by atoms with E-state index in [2.05, 4.69) is 17.9 Å². The van der Waals surface area contributed by atoms with Crippen LogP contribution < -0.4 is 0 Å². The van der Waals surface area contributed by atoms with Crippen LogP contribution in [0.5, 0.6) is 0 Å². The summed E-state index contributed by atoms with van der Waals surface area (Å²) >= 11 is 5.57. The molecule has 13 heavy (non-hydrogen) atoms. The Kier molecular flexibility index (Phi) is 5.49. The lowest BCUT2D eigenvalue weighted by Crippen LogP contribution is -2.32. The van der Waals surface area contributed by atoms with Crippen molar-refractivity contribution in [1.29, 1.82) is 0 Å². The van der Waals surface area contributed by atoms with Gasteiger partial charge in [0.2, 0.25) is 0 Å². The monoisotopic (exact) mass is 201 g/mol. The molecule has 0 saturated heterocycles. The normalized spacial score (nSPS) is 18.4. The minimum Gasteiger partial charge on any atom is -0.300 e. The molecule has 1 saturated carbocycles. The molecule has 1 aliphatic rings. The molecule has 1 aliphatic carbocycles. The molecule has 1 fully saturated rings. The number of allylic oxidation sites excluding steroid dienone is 1. The van der Waals surface area contributed by atoms with Gasteiger partial charge >= 0.3 is 0 Å². The average Bonchev–Trinajstić information content (AvgIpc) is 2.08. The molecule has 0 aromatic rings. The van der Waals surface area contributed by atoms with Crippen molar-refractivity contribution in [3.63, 3.8) is 0 Å². The van der Waals surface area contributed by atoms with Gasteiger partial charge in [0.25, 0.3) is 0 Å². The van der Waals surface area contributed by atoms with Crippen molar-refractivity contribution in [2.75, 3.05) is 25.5 Å². The molecule has 0 heterocycles. The van der Waals surface area contributed by atoms with Gasteiger partial charge in [-0.2, -0.15) is 0 Å². The first-order chi connectivity index (χ1) is 6.36. The lowest BCUT2D eigenvalue weighted by molar-refractivity contribution is 0.197.